The molecule has 0 unspecified atom stereocenters. The van der Waals surface area contributed by atoms with Crippen molar-refractivity contribution in [2.45, 2.75) is 11.8 Å². The van der Waals surface area contributed by atoms with Crippen molar-refractivity contribution >= 4 is 38.7 Å². The molecule has 0 bridgehead atoms. The van der Waals surface area contributed by atoms with Gasteiger partial charge in [0.05, 0.1) is 15.6 Å². The van der Waals surface area contributed by atoms with Gasteiger partial charge in [-0.05, 0) is 42.8 Å². The molecule has 0 radical (unpaired) electrons. The Balaban J connectivity index is 2.55. The van der Waals surface area contributed by atoms with Crippen LogP contribution in [0.25, 0.3) is 0 Å². The van der Waals surface area contributed by atoms with Crippen molar-refractivity contribution in [1.29, 1.82) is 0 Å². The molecule has 0 aromatic heterocycles. The summed E-state index contributed by atoms with van der Waals surface area (Å²) in [6, 6.07) is 6.59. The Bertz CT molecular complexity index is 809. The highest BCUT2D eigenvalue weighted by Crippen LogP contribution is 2.31. The number of benzene rings is 2. The van der Waals surface area contributed by atoms with Crippen molar-refractivity contribution in [3.05, 3.63) is 46.7 Å². The predicted octanol–water partition coefficient (Wildman–Crippen LogP) is 2.76. The highest BCUT2D eigenvalue weighted by molar-refractivity contribution is 7.89. The fourth-order valence-corrected chi connectivity index (χ4v) is 2.87. The lowest BCUT2D eigenvalue weighted by molar-refractivity contribution is 0.597. The molecule has 0 fully saturated rings. The predicted molar refractivity (Wildman–Crippen MR) is 81.7 cm³/mol. The Morgan fingerprint density at radius 3 is 2.48 bits per heavy atom. The van der Waals surface area contributed by atoms with Crippen LogP contribution in [0.5, 0.6) is 0 Å². The monoisotopic (exact) mass is 329 g/mol. The van der Waals surface area contributed by atoms with Crippen molar-refractivity contribution in [2.24, 2.45) is 5.14 Å². The normalized spacial score (nSPS) is 11.4. The van der Waals surface area contributed by atoms with Crippen molar-refractivity contribution < 1.29 is 12.8 Å². The molecule has 2 rings (SSSR count). The zero-order chi connectivity index (χ0) is 15.8. The second-order valence-electron chi connectivity index (χ2n) is 4.49. The topological polar surface area (TPSA) is 98.2 Å². The third-order valence-electron chi connectivity index (χ3n) is 2.89. The molecule has 0 amide bonds. The third kappa shape index (κ3) is 3.44. The smallest absolute Gasteiger partial charge is 0.238 e. The second-order valence-corrected chi connectivity index (χ2v) is 6.42. The molecular weight excluding hydrogens is 317 g/mol. The molecule has 0 heterocycles. The van der Waals surface area contributed by atoms with Gasteiger partial charge in [-0.1, -0.05) is 11.6 Å². The van der Waals surface area contributed by atoms with Crippen molar-refractivity contribution in [3.63, 3.8) is 0 Å². The third-order valence-corrected chi connectivity index (χ3v) is 4.25. The van der Waals surface area contributed by atoms with Crippen LogP contribution in [0, 0.1) is 12.7 Å². The number of hydrogen-bond acceptors (Lipinski definition) is 4. The largest absolute Gasteiger partial charge is 0.399 e. The maximum Gasteiger partial charge on any atom is 0.238 e. The van der Waals surface area contributed by atoms with E-state index in [0.717, 1.165) is 0 Å². The Labute approximate surface area is 126 Å². The van der Waals surface area contributed by atoms with Crippen LogP contribution in [-0.4, -0.2) is 8.42 Å². The lowest BCUT2D eigenvalue weighted by atomic mass is 10.1. The first-order valence-electron chi connectivity index (χ1n) is 5.83. The van der Waals surface area contributed by atoms with Gasteiger partial charge in [0.15, 0.2) is 0 Å². The Kier molecular flexibility index (Phi) is 4.08. The van der Waals surface area contributed by atoms with Crippen LogP contribution in [0.2, 0.25) is 5.02 Å². The maximum absolute atomic E-state index is 13.3. The summed E-state index contributed by atoms with van der Waals surface area (Å²) in [5.41, 5.74) is 6.93. The van der Waals surface area contributed by atoms with Crippen molar-refractivity contribution in [2.75, 3.05) is 11.1 Å². The van der Waals surface area contributed by atoms with Gasteiger partial charge in [-0.2, -0.15) is 0 Å². The summed E-state index contributed by atoms with van der Waals surface area (Å²) in [6.07, 6.45) is 0. The summed E-state index contributed by atoms with van der Waals surface area (Å²) in [4.78, 5) is -0.0995. The number of nitrogen functional groups attached to an aromatic ring is 1. The van der Waals surface area contributed by atoms with Crippen molar-refractivity contribution in [3.8, 4) is 0 Å². The van der Waals surface area contributed by atoms with Crippen LogP contribution < -0.4 is 16.2 Å². The van der Waals surface area contributed by atoms with Gasteiger partial charge in [0, 0.05) is 11.4 Å². The molecule has 112 valence electrons. The van der Waals surface area contributed by atoms with Gasteiger partial charge in [0.2, 0.25) is 10.0 Å². The molecule has 2 aromatic carbocycles. The van der Waals surface area contributed by atoms with Crippen LogP contribution in [0.15, 0.2) is 35.2 Å². The minimum atomic E-state index is -3.92. The first-order valence-corrected chi connectivity index (χ1v) is 7.76. The van der Waals surface area contributed by atoms with E-state index >= 15 is 0 Å². The zero-order valence-electron chi connectivity index (χ0n) is 11.0. The molecule has 2 aromatic rings. The number of primary sulfonamides is 1. The minimum absolute atomic E-state index is 0.0995. The lowest BCUT2D eigenvalue weighted by Gasteiger charge is -2.14. The van der Waals surface area contributed by atoms with E-state index in [9.17, 15) is 12.8 Å². The minimum Gasteiger partial charge on any atom is -0.399 e. The van der Waals surface area contributed by atoms with Gasteiger partial charge in [-0.3, -0.25) is 0 Å². The highest BCUT2D eigenvalue weighted by Gasteiger charge is 2.16. The summed E-state index contributed by atoms with van der Waals surface area (Å²) >= 11 is 5.96. The summed E-state index contributed by atoms with van der Waals surface area (Å²) in [5, 5.41) is 8.30. The molecule has 21 heavy (non-hydrogen) atoms. The summed E-state index contributed by atoms with van der Waals surface area (Å²) in [7, 11) is -3.92. The average molecular weight is 330 g/mol. The second kappa shape index (κ2) is 5.51. The SMILES string of the molecule is Cc1c(Nc2cc(F)ccc2Cl)cc(N)cc1S(N)(=O)=O. The molecule has 5 N–H and O–H groups in total. The number of anilines is 3. The van der Waals surface area contributed by atoms with Crippen LogP contribution in [0.1, 0.15) is 5.56 Å². The molecule has 0 spiro atoms. The molecular formula is C13H13ClFN3O2S. The number of nitrogens with two attached hydrogens (primary N) is 2. The van der Waals surface area contributed by atoms with E-state index in [0.29, 0.717) is 16.9 Å². The maximum atomic E-state index is 13.3. The van der Waals surface area contributed by atoms with Crippen molar-refractivity contribution in [1.82, 2.24) is 0 Å². The average Bonchev–Trinajstić information content (AvgIpc) is 2.36. The first-order chi connectivity index (χ1) is 9.68. The molecule has 0 aliphatic rings. The molecule has 5 nitrogen and oxygen atoms in total. The lowest BCUT2D eigenvalue weighted by Crippen LogP contribution is -2.15. The van der Waals surface area contributed by atoms with Gasteiger partial charge in [-0.25, -0.2) is 17.9 Å². The van der Waals surface area contributed by atoms with Crippen LogP contribution >= 0.6 is 11.6 Å². The van der Waals surface area contributed by atoms with E-state index < -0.39 is 15.8 Å². The number of nitrogens with one attached hydrogen (secondary N) is 1. The molecule has 0 saturated carbocycles. The molecule has 0 saturated heterocycles. The standard InChI is InChI=1S/C13H13ClFN3O2S/c1-7-11(5-9(16)6-13(7)21(17,19)20)18-12-4-8(15)2-3-10(12)14/h2-6,18H,16H2,1H3,(H2,17,19,20). The summed E-state index contributed by atoms with van der Waals surface area (Å²) in [5.74, 6) is -0.477. The van der Waals surface area contributed by atoms with Gasteiger partial charge < -0.3 is 11.1 Å². The van der Waals surface area contributed by atoms with E-state index in [-0.39, 0.29) is 15.6 Å². The van der Waals surface area contributed by atoms with Crippen LogP contribution in [-0.2, 0) is 10.0 Å². The number of sulfonamides is 1. The van der Waals surface area contributed by atoms with E-state index in [1.807, 2.05) is 0 Å². The van der Waals surface area contributed by atoms with E-state index in [1.165, 1.54) is 30.3 Å². The fraction of sp³-hybridized carbons (Fsp3) is 0.0769. The van der Waals surface area contributed by atoms with Gasteiger partial charge in [-0.15, -0.1) is 0 Å². The van der Waals surface area contributed by atoms with Crippen LogP contribution in [0.4, 0.5) is 21.5 Å². The first kappa shape index (κ1) is 15.6. The van der Waals surface area contributed by atoms with Crippen LogP contribution in [0.3, 0.4) is 0 Å². The number of halogens is 2. The van der Waals surface area contributed by atoms with Gasteiger partial charge in [0.1, 0.15) is 5.82 Å². The quantitative estimate of drug-likeness (QED) is 0.754. The fourth-order valence-electron chi connectivity index (χ4n) is 1.87. The zero-order valence-corrected chi connectivity index (χ0v) is 12.6. The number of rotatable bonds is 3. The highest BCUT2D eigenvalue weighted by atomic mass is 35.5. The number of hydrogen-bond donors (Lipinski definition) is 3. The molecule has 0 atom stereocenters. The van der Waals surface area contributed by atoms with E-state index in [1.54, 1.807) is 6.92 Å². The summed E-state index contributed by atoms with van der Waals surface area (Å²) < 4.78 is 36.3. The van der Waals surface area contributed by atoms with Gasteiger partial charge >= 0.3 is 0 Å². The van der Waals surface area contributed by atoms with E-state index in [4.69, 9.17) is 22.5 Å². The van der Waals surface area contributed by atoms with Gasteiger partial charge in [0.25, 0.3) is 0 Å². The summed E-state index contributed by atoms with van der Waals surface area (Å²) in [6.45, 7) is 1.56. The Morgan fingerprint density at radius 2 is 1.86 bits per heavy atom. The molecule has 0 aliphatic heterocycles. The Hall–Kier alpha value is -1.83. The molecule has 8 heteroatoms. The van der Waals surface area contributed by atoms with E-state index in [2.05, 4.69) is 5.32 Å². The Morgan fingerprint density at radius 1 is 1.19 bits per heavy atom. The molecule has 0 aliphatic carbocycles.